The molecule has 5 N–H and O–H groups in total. The number of hydrogen-bond donors (Lipinski definition) is 5. The van der Waals surface area contributed by atoms with E-state index in [9.17, 15) is 4.79 Å². The molecule has 1 saturated heterocycles. The van der Waals surface area contributed by atoms with Gasteiger partial charge in [0.2, 0.25) is 5.91 Å². The molecule has 90 valence electrons. The van der Waals surface area contributed by atoms with Crippen LogP contribution in [0.3, 0.4) is 0 Å². The molecule has 0 saturated carbocycles. The highest BCUT2D eigenvalue weighted by molar-refractivity contribution is 9.10. The fraction of sp³-hybridized carbons (Fsp3) is 0.100. The lowest BCUT2D eigenvalue weighted by Gasteiger charge is -2.08. The number of carbonyl (C=O) groups is 1. The van der Waals surface area contributed by atoms with Crippen molar-refractivity contribution in [3.8, 4) is 0 Å². The van der Waals surface area contributed by atoms with E-state index in [0.717, 1.165) is 10.0 Å². The molecular formula is C10H12BrN5O. The van der Waals surface area contributed by atoms with Crippen LogP contribution in [-0.4, -0.2) is 12.2 Å². The lowest BCUT2D eigenvalue weighted by molar-refractivity contribution is -0.117. The molecule has 1 amide bonds. The maximum Gasteiger partial charge on any atom is 0.246 e. The molecular weight excluding hydrogens is 286 g/mol. The van der Waals surface area contributed by atoms with Crippen LogP contribution in [0.1, 0.15) is 5.56 Å². The third-order valence-corrected chi connectivity index (χ3v) is 2.55. The summed E-state index contributed by atoms with van der Waals surface area (Å²) in [5, 5.41) is 2.68. The van der Waals surface area contributed by atoms with Crippen LogP contribution in [0, 0.1) is 0 Å². The average Bonchev–Trinajstić information content (AvgIpc) is 2.79. The zero-order valence-electron chi connectivity index (χ0n) is 8.83. The molecule has 1 aromatic carbocycles. The molecule has 1 aromatic rings. The highest BCUT2D eigenvalue weighted by atomic mass is 79.9. The molecule has 7 heteroatoms. The summed E-state index contributed by atoms with van der Waals surface area (Å²) in [7, 11) is 0. The van der Waals surface area contributed by atoms with Crippen LogP contribution in [0.5, 0.6) is 0 Å². The van der Waals surface area contributed by atoms with Crippen LogP contribution in [0.15, 0.2) is 34.8 Å². The Morgan fingerprint density at radius 1 is 1.35 bits per heavy atom. The van der Waals surface area contributed by atoms with Gasteiger partial charge in [0.05, 0.1) is 0 Å². The predicted octanol–water partition coefficient (Wildman–Crippen LogP) is -0.0209. The van der Waals surface area contributed by atoms with Gasteiger partial charge >= 0.3 is 0 Å². The fourth-order valence-corrected chi connectivity index (χ4v) is 1.71. The third kappa shape index (κ3) is 3.91. The van der Waals surface area contributed by atoms with Gasteiger partial charge in [-0.15, -0.1) is 0 Å². The number of hydrogen-bond acceptors (Lipinski definition) is 5. The highest BCUT2D eigenvalue weighted by Gasteiger charge is 2.12. The molecule has 17 heavy (non-hydrogen) atoms. The summed E-state index contributed by atoms with van der Waals surface area (Å²) in [6, 6.07) is 7.69. The van der Waals surface area contributed by atoms with E-state index in [1.54, 1.807) is 6.08 Å². The lowest BCUT2D eigenvalue weighted by Crippen LogP contribution is -2.49. The number of halogens is 1. The first kappa shape index (κ1) is 12.2. The van der Waals surface area contributed by atoms with Gasteiger partial charge < -0.3 is 5.32 Å². The smallest absolute Gasteiger partial charge is 0.246 e. The van der Waals surface area contributed by atoms with Crippen molar-refractivity contribution in [3.63, 3.8) is 0 Å². The summed E-state index contributed by atoms with van der Waals surface area (Å²) in [5.74, 6) is -0.194. The average molecular weight is 298 g/mol. The summed E-state index contributed by atoms with van der Waals surface area (Å²) in [6.45, 7) is 0. The van der Waals surface area contributed by atoms with Crippen LogP contribution in [0.4, 0.5) is 0 Å². The minimum Gasteiger partial charge on any atom is -0.322 e. The number of benzene rings is 1. The van der Waals surface area contributed by atoms with Crippen LogP contribution in [0.2, 0.25) is 0 Å². The van der Waals surface area contributed by atoms with E-state index >= 15 is 0 Å². The van der Waals surface area contributed by atoms with Crippen LogP contribution >= 0.6 is 15.9 Å². The Labute approximate surface area is 107 Å². The first-order valence-electron chi connectivity index (χ1n) is 4.99. The number of hydrazine groups is 3. The minimum atomic E-state index is -0.338. The van der Waals surface area contributed by atoms with Crippen molar-refractivity contribution in [1.29, 1.82) is 0 Å². The van der Waals surface area contributed by atoms with Crippen molar-refractivity contribution in [2.45, 2.75) is 6.29 Å². The normalized spacial score (nSPS) is 16.5. The van der Waals surface area contributed by atoms with Gasteiger partial charge in [-0.25, -0.2) is 10.9 Å². The van der Waals surface area contributed by atoms with Gasteiger partial charge in [0, 0.05) is 10.5 Å². The zero-order valence-corrected chi connectivity index (χ0v) is 10.4. The summed E-state index contributed by atoms with van der Waals surface area (Å²) >= 11 is 3.37. The van der Waals surface area contributed by atoms with Gasteiger partial charge in [0.1, 0.15) is 0 Å². The Balaban J connectivity index is 1.89. The van der Waals surface area contributed by atoms with Crippen LogP contribution < -0.4 is 27.2 Å². The first-order chi connectivity index (χ1) is 8.24. The number of carbonyl (C=O) groups excluding carboxylic acids is 1. The number of amides is 1. The second-order valence-electron chi connectivity index (χ2n) is 3.37. The Hall–Kier alpha value is -1.25. The van der Waals surface area contributed by atoms with Crippen molar-refractivity contribution in [2.24, 2.45) is 0 Å². The molecule has 0 spiro atoms. The van der Waals surface area contributed by atoms with Crippen LogP contribution in [0.25, 0.3) is 6.08 Å². The lowest BCUT2D eigenvalue weighted by atomic mass is 10.2. The first-order valence-corrected chi connectivity index (χ1v) is 5.78. The standard InChI is InChI=1S/C10H12BrN5O/c11-8-3-1-2-7(6-8)4-5-9(17)12-10-13-15-16-14-10/h1-6,10,13-16H,(H,12,17)/b5-4+. The monoisotopic (exact) mass is 297 g/mol. The Bertz CT molecular complexity index is 430. The van der Waals surface area contributed by atoms with Gasteiger partial charge in [-0.05, 0) is 23.8 Å². The fourth-order valence-electron chi connectivity index (χ4n) is 1.30. The van der Waals surface area contributed by atoms with Gasteiger partial charge in [0.15, 0.2) is 6.29 Å². The van der Waals surface area contributed by atoms with E-state index in [1.807, 2.05) is 24.3 Å². The molecule has 0 aliphatic carbocycles. The summed E-state index contributed by atoms with van der Waals surface area (Å²) < 4.78 is 0.979. The van der Waals surface area contributed by atoms with Gasteiger partial charge in [-0.3, -0.25) is 4.79 Å². The Kier molecular flexibility index (Phi) is 4.24. The van der Waals surface area contributed by atoms with Crippen molar-refractivity contribution in [1.82, 2.24) is 27.2 Å². The Morgan fingerprint density at radius 3 is 2.82 bits per heavy atom. The molecule has 0 radical (unpaired) electrons. The second kappa shape index (κ2) is 5.89. The molecule has 1 aliphatic rings. The zero-order chi connectivity index (χ0) is 12.1. The minimum absolute atomic E-state index is 0.194. The molecule has 1 aliphatic heterocycles. The number of nitrogens with one attached hydrogen (secondary N) is 5. The third-order valence-electron chi connectivity index (χ3n) is 2.06. The van der Waals surface area contributed by atoms with Crippen molar-refractivity contribution >= 4 is 27.9 Å². The maximum absolute atomic E-state index is 11.5. The quantitative estimate of drug-likeness (QED) is 0.507. The van der Waals surface area contributed by atoms with Gasteiger partial charge in [0.25, 0.3) is 0 Å². The second-order valence-corrected chi connectivity index (χ2v) is 4.28. The molecule has 2 rings (SSSR count). The largest absolute Gasteiger partial charge is 0.322 e. The van der Waals surface area contributed by atoms with E-state index in [2.05, 4.69) is 43.2 Å². The van der Waals surface area contributed by atoms with E-state index in [0.29, 0.717) is 0 Å². The van der Waals surface area contributed by atoms with Crippen molar-refractivity contribution < 1.29 is 4.79 Å². The van der Waals surface area contributed by atoms with E-state index in [-0.39, 0.29) is 12.2 Å². The molecule has 6 nitrogen and oxygen atoms in total. The van der Waals surface area contributed by atoms with E-state index in [4.69, 9.17) is 0 Å². The molecule has 1 heterocycles. The topological polar surface area (TPSA) is 77.2 Å². The maximum atomic E-state index is 11.5. The molecule has 0 unspecified atom stereocenters. The molecule has 1 fully saturated rings. The summed E-state index contributed by atoms with van der Waals surface area (Å²) in [6.07, 6.45) is 2.88. The highest BCUT2D eigenvalue weighted by Crippen LogP contribution is 2.12. The van der Waals surface area contributed by atoms with Crippen LogP contribution in [-0.2, 0) is 4.79 Å². The molecule has 0 bridgehead atoms. The van der Waals surface area contributed by atoms with Gasteiger partial charge in [-0.1, -0.05) is 28.1 Å². The van der Waals surface area contributed by atoms with E-state index in [1.165, 1.54) is 6.08 Å². The van der Waals surface area contributed by atoms with Gasteiger partial charge in [-0.2, -0.15) is 11.1 Å². The molecule has 0 atom stereocenters. The van der Waals surface area contributed by atoms with Crippen molar-refractivity contribution in [2.75, 3.05) is 0 Å². The van der Waals surface area contributed by atoms with E-state index < -0.39 is 0 Å². The summed E-state index contributed by atoms with van der Waals surface area (Å²) in [5.41, 5.74) is 11.7. The summed E-state index contributed by atoms with van der Waals surface area (Å²) in [4.78, 5) is 11.5. The molecule has 0 aromatic heterocycles. The van der Waals surface area contributed by atoms with Crippen molar-refractivity contribution in [3.05, 3.63) is 40.4 Å². The SMILES string of the molecule is O=C(/C=C/c1cccc(Br)c1)NC1NNNN1. The predicted molar refractivity (Wildman–Crippen MR) is 67.6 cm³/mol. The Morgan fingerprint density at radius 2 is 2.12 bits per heavy atom. The number of rotatable bonds is 3.